The smallest absolute Gasteiger partial charge is 0.246 e. The van der Waals surface area contributed by atoms with Crippen LogP contribution in [0, 0.1) is 0 Å². The Hall–Kier alpha value is -0.690. The van der Waals surface area contributed by atoms with E-state index in [1.807, 2.05) is 0 Å². The van der Waals surface area contributed by atoms with Gasteiger partial charge < -0.3 is 25.0 Å². The van der Waals surface area contributed by atoms with Crippen LogP contribution in [0.25, 0.3) is 0 Å². The first-order valence-corrected chi connectivity index (χ1v) is 4.67. The fourth-order valence-electron chi connectivity index (χ4n) is 0.809. The summed E-state index contributed by atoms with van der Waals surface area (Å²) < 4.78 is 9.70. The second-order valence-electron chi connectivity index (χ2n) is 3.47. The third kappa shape index (κ3) is 6.40. The summed E-state index contributed by atoms with van der Waals surface area (Å²) >= 11 is 0. The third-order valence-electron chi connectivity index (χ3n) is 1.80. The van der Waals surface area contributed by atoms with Crippen LogP contribution in [0.2, 0.25) is 0 Å². The molecule has 0 fully saturated rings. The predicted molar refractivity (Wildman–Crippen MR) is 53.4 cm³/mol. The molecule has 0 bridgehead atoms. The van der Waals surface area contributed by atoms with Gasteiger partial charge in [-0.1, -0.05) is 0 Å². The summed E-state index contributed by atoms with van der Waals surface area (Å²) in [5.41, 5.74) is -0.998. The highest BCUT2D eigenvalue weighted by molar-refractivity contribution is 5.78. The fraction of sp³-hybridized carbons (Fsp3) is 0.889. The molecule has 0 aliphatic heterocycles. The first-order valence-electron chi connectivity index (χ1n) is 4.67. The molecule has 1 amide bonds. The van der Waals surface area contributed by atoms with Gasteiger partial charge in [0.15, 0.2) is 0 Å². The number of aliphatic hydroxyl groups is 2. The number of carbonyl (C=O) groups is 1. The zero-order valence-electron chi connectivity index (χ0n) is 9.15. The Balaban J connectivity index is 3.72. The summed E-state index contributed by atoms with van der Waals surface area (Å²) in [5.74, 6) is -0.378. The Morgan fingerprint density at radius 2 is 1.93 bits per heavy atom. The van der Waals surface area contributed by atoms with Crippen molar-refractivity contribution in [3.05, 3.63) is 0 Å². The minimum atomic E-state index is -0.998. The molecule has 0 heterocycles. The van der Waals surface area contributed by atoms with Gasteiger partial charge in [0.2, 0.25) is 5.91 Å². The van der Waals surface area contributed by atoms with Crippen molar-refractivity contribution >= 4 is 5.91 Å². The van der Waals surface area contributed by atoms with Gasteiger partial charge in [-0.15, -0.1) is 0 Å². The first kappa shape index (κ1) is 14.3. The number of rotatable bonds is 8. The van der Waals surface area contributed by atoms with E-state index in [0.717, 1.165) is 0 Å². The molecule has 0 aliphatic carbocycles. The summed E-state index contributed by atoms with van der Waals surface area (Å²) in [5, 5.41) is 20.3. The van der Waals surface area contributed by atoms with Gasteiger partial charge in [0, 0.05) is 7.11 Å². The van der Waals surface area contributed by atoms with Gasteiger partial charge in [-0.3, -0.25) is 4.79 Å². The van der Waals surface area contributed by atoms with Crippen LogP contribution < -0.4 is 5.32 Å². The zero-order chi connectivity index (χ0) is 11.7. The molecule has 0 rings (SSSR count). The van der Waals surface area contributed by atoms with Gasteiger partial charge in [0.1, 0.15) is 6.61 Å². The van der Waals surface area contributed by atoms with Crippen LogP contribution in [0.1, 0.15) is 6.92 Å². The number of nitrogens with one attached hydrogen (secondary N) is 1. The Morgan fingerprint density at radius 3 is 2.40 bits per heavy atom. The van der Waals surface area contributed by atoms with Crippen molar-refractivity contribution in [3.63, 3.8) is 0 Å². The number of aliphatic hydroxyl groups excluding tert-OH is 2. The van der Waals surface area contributed by atoms with Crippen molar-refractivity contribution in [1.82, 2.24) is 5.32 Å². The average Bonchev–Trinajstić information content (AvgIpc) is 2.24. The molecule has 0 saturated carbocycles. The molecule has 0 aromatic carbocycles. The minimum absolute atomic E-state index is 0.112. The lowest BCUT2D eigenvalue weighted by molar-refractivity contribution is -0.129. The zero-order valence-corrected chi connectivity index (χ0v) is 9.15. The number of hydrogen-bond donors (Lipinski definition) is 3. The van der Waals surface area contributed by atoms with E-state index in [4.69, 9.17) is 19.7 Å². The summed E-state index contributed by atoms with van der Waals surface area (Å²) in [6, 6.07) is 0. The molecule has 0 aliphatic rings. The lowest BCUT2D eigenvalue weighted by Crippen LogP contribution is -2.52. The van der Waals surface area contributed by atoms with Crippen LogP contribution >= 0.6 is 0 Å². The van der Waals surface area contributed by atoms with E-state index in [0.29, 0.717) is 13.2 Å². The molecule has 0 radical (unpaired) electrons. The van der Waals surface area contributed by atoms with Gasteiger partial charge in [-0.25, -0.2) is 0 Å². The summed E-state index contributed by atoms with van der Waals surface area (Å²) in [7, 11) is 1.54. The van der Waals surface area contributed by atoms with Gasteiger partial charge in [-0.2, -0.15) is 0 Å². The monoisotopic (exact) mass is 221 g/mol. The van der Waals surface area contributed by atoms with Crippen molar-refractivity contribution < 1.29 is 24.5 Å². The van der Waals surface area contributed by atoms with E-state index in [1.165, 1.54) is 7.11 Å². The van der Waals surface area contributed by atoms with Gasteiger partial charge in [-0.05, 0) is 6.92 Å². The second kappa shape index (κ2) is 7.58. The molecule has 0 unspecified atom stereocenters. The molecular formula is C9H19NO5. The Bertz CT molecular complexity index is 181. The highest BCUT2D eigenvalue weighted by Gasteiger charge is 2.24. The Kier molecular flexibility index (Phi) is 7.23. The molecule has 0 aromatic heterocycles. The van der Waals surface area contributed by atoms with Gasteiger partial charge in [0.05, 0.1) is 32.0 Å². The number of carbonyl (C=O) groups excluding carboxylic acids is 1. The lowest BCUT2D eigenvalue weighted by atomic mass is 10.1. The van der Waals surface area contributed by atoms with E-state index in [-0.39, 0.29) is 25.7 Å². The van der Waals surface area contributed by atoms with Crippen molar-refractivity contribution in [1.29, 1.82) is 0 Å². The number of amides is 1. The summed E-state index contributed by atoms with van der Waals surface area (Å²) in [6.45, 7) is 1.53. The maximum absolute atomic E-state index is 11.2. The number of hydrogen-bond acceptors (Lipinski definition) is 5. The van der Waals surface area contributed by atoms with E-state index >= 15 is 0 Å². The minimum Gasteiger partial charge on any atom is -0.394 e. The van der Waals surface area contributed by atoms with Gasteiger partial charge in [0.25, 0.3) is 0 Å². The summed E-state index contributed by atoms with van der Waals surface area (Å²) in [6.07, 6.45) is 0. The van der Waals surface area contributed by atoms with E-state index < -0.39 is 5.54 Å². The SMILES string of the molecule is COCCOCC(=O)NC(C)(CO)CO. The van der Waals surface area contributed by atoms with Crippen LogP contribution in [0.3, 0.4) is 0 Å². The molecule has 6 nitrogen and oxygen atoms in total. The number of ether oxygens (including phenoxy) is 2. The highest BCUT2D eigenvalue weighted by atomic mass is 16.5. The third-order valence-corrected chi connectivity index (χ3v) is 1.80. The van der Waals surface area contributed by atoms with Gasteiger partial charge >= 0.3 is 0 Å². The molecule has 90 valence electrons. The van der Waals surface area contributed by atoms with Crippen molar-refractivity contribution in [2.75, 3.05) is 40.1 Å². The molecule has 0 spiro atoms. The Morgan fingerprint density at radius 1 is 1.33 bits per heavy atom. The number of methoxy groups -OCH3 is 1. The fourth-order valence-corrected chi connectivity index (χ4v) is 0.809. The maximum Gasteiger partial charge on any atom is 0.246 e. The van der Waals surface area contributed by atoms with Crippen LogP contribution in [0.5, 0.6) is 0 Å². The average molecular weight is 221 g/mol. The topological polar surface area (TPSA) is 88.0 Å². The predicted octanol–water partition coefficient (Wildman–Crippen LogP) is -1.49. The molecule has 0 aromatic rings. The van der Waals surface area contributed by atoms with Crippen molar-refractivity contribution in [2.24, 2.45) is 0 Å². The molecular weight excluding hydrogens is 202 g/mol. The molecule has 3 N–H and O–H groups in total. The highest BCUT2D eigenvalue weighted by Crippen LogP contribution is 1.99. The van der Waals surface area contributed by atoms with Crippen molar-refractivity contribution in [3.8, 4) is 0 Å². The van der Waals surface area contributed by atoms with Crippen LogP contribution in [0.4, 0.5) is 0 Å². The first-order chi connectivity index (χ1) is 7.08. The van der Waals surface area contributed by atoms with Crippen LogP contribution in [-0.4, -0.2) is 61.8 Å². The van der Waals surface area contributed by atoms with Crippen LogP contribution in [-0.2, 0) is 14.3 Å². The molecule has 0 saturated heterocycles. The lowest BCUT2D eigenvalue weighted by Gasteiger charge is -2.25. The summed E-state index contributed by atoms with van der Waals surface area (Å²) in [4.78, 5) is 11.2. The van der Waals surface area contributed by atoms with Crippen LogP contribution in [0.15, 0.2) is 0 Å². The van der Waals surface area contributed by atoms with E-state index in [9.17, 15) is 4.79 Å². The quantitative estimate of drug-likeness (QED) is 0.435. The standard InChI is InChI=1S/C9H19NO5/c1-9(6-11,7-12)10-8(13)5-15-4-3-14-2/h11-12H,3-7H2,1-2H3,(H,10,13). The van der Waals surface area contributed by atoms with E-state index in [1.54, 1.807) is 6.92 Å². The largest absolute Gasteiger partial charge is 0.394 e. The normalized spacial score (nSPS) is 11.5. The van der Waals surface area contributed by atoms with Crippen molar-refractivity contribution in [2.45, 2.75) is 12.5 Å². The Labute approximate surface area is 89.2 Å². The maximum atomic E-state index is 11.2. The molecule has 6 heteroatoms. The molecule has 15 heavy (non-hydrogen) atoms. The van der Waals surface area contributed by atoms with E-state index in [2.05, 4.69) is 5.32 Å². The molecule has 0 atom stereocenters. The second-order valence-corrected chi connectivity index (χ2v) is 3.47.